The monoisotopic (exact) mass is 249 g/mol. The van der Waals surface area contributed by atoms with Crippen molar-refractivity contribution in [2.45, 2.75) is 12.5 Å². The molecular weight excluding hydrogens is 234 g/mol. The number of hydrogen-bond donors (Lipinski definition) is 2. The highest BCUT2D eigenvalue weighted by Gasteiger charge is 2.15. The molecule has 17 heavy (non-hydrogen) atoms. The second-order valence-electron chi connectivity index (χ2n) is 3.63. The molecule has 2 rings (SSSR count). The summed E-state index contributed by atoms with van der Waals surface area (Å²) in [7, 11) is 1.67. The maximum atomic E-state index is 5.62. The van der Waals surface area contributed by atoms with E-state index in [1.165, 1.54) is 4.88 Å². The predicted octanol–water partition coefficient (Wildman–Crippen LogP) is 1.90. The standard InChI is InChI=1S/C12H15N3OS/c1-16-12-5-3-2-4-10(12)11(15-13)6-9-7-14-8-17-9/h2-5,7-8,11,15H,6,13H2,1H3. The molecule has 5 heteroatoms. The summed E-state index contributed by atoms with van der Waals surface area (Å²) in [5.41, 5.74) is 5.72. The van der Waals surface area contributed by atoms with E-state index in [0.29, 0.717) is 0 Å². The Balaban J connectivity index is 2.22. The highest BCUT2D eigenvalue weighted by atomic mass is 32.1. The lowest BCUT2D eigenvalue weighted by molar-refractivity contribution is 0.399. The van der Waals surface area contributed by atoms with Crippen molar-refractivity contribution in [3.8, 4) is 5.75 Å². The van der Waals surface area contributed by atoms with Gasteiger partial charge in [-0.15, -0.1) is 11.3 Å². The zero-order valence-corrected chi connectivity index (χ0v) is 10.4. The van der Waals surface area contributed by atoms with E-state index in [1.807, 2.05) is 36.0 Å². The SMILES string of the molecule is COc1ccccc1C(Cc1cncs1)NN. The van der Waals surface area contributed by atoms with Gasteiger partial charge in [-0.2, -0.15) is 0 Å². The number of aromatic nitrogens is 1. The molecule has 1 heterocycles. The Morgan fingerprint density at radius 3 is 2.94 bits per heavy atom. The maximum Gasteiger partial charge on any atom is 0.123 e. The average Bonchev–Trinajstić information content (AvgIpc) is 2.89. The van der Waals surface area contributed by atoms with E-state index in [4.69, 9.17) is 10.6 Å². The summed E-state index contributed by atoms with van der Waals surface area (Å²) in [6.45, 7) is 0. The molecule has 0 bridgehead atoms. The first kappa shape index (κ1) is 12.0. The lowest BCUT2D eigenvalue weighted by Crippen LogP contribution is -2.29. The van der Waals surface area contributed by atoms with Gasteiger partial charge in [-0.3, -0.25) is 16.3 Å². The Morgan fingerprint density at radius 1 is 1.47 bits per heavy atom. The van der Waals surface area contributed by atoms with Crippen molar-refractivity contribution >= 4 is 11.3 Å². The largest absolute Gasteiger partial charge is 0.496 e. The van der Waals surface area contributed by atoms with Crippen molar-refractivity contribution in [2.75, 3.05) is 7.11 Å². The van der Waals surface area contributed by atoms with Gasteiger partial charge in [-0.1, -0.05) is 18.2 Å². The van der Waals surface area contributed by atoms with Crippen molar-refractivity contribution in [2.24, 2.45) is 5.84 Å². The van der Waals surface area contributed by atoms with Gasteiger partial charge in [0.05, 0.1) is 18.7 Å². The first-order chi connectivity index (χ1) is 8.35. The Morgan fingerprint density at radius 2 is 2.29 bits per heavy atom. The van der Waals surface area contributed by atoms with Crippen molar-refractivity contribution in [1.82, 2.24) is 10.4 Å². The highest BCUT2D eigenvalue weighted by Crippen LogP contribution is 2.27. The fourth-order valence-corrected chi connectivity index (χ4v) is 2.40. The van der Waals surface area contributed by atoms with E-state index in [9.17, 15) is 0 Å². The molecule has 1 atom stereocenters. The molecule has 0 saturated heterocycles. The summed E-state index contributed by atoms with van der Waals surface area (Å²) in [5, 5.41) is 0. The second kappa shape index (κ2) is 5.77. The molecule has 4 nitrogen and oxygen atoms in total. The quantitative estimate of drug-likeness (QED) is 0.627. The van der Waals surface area contributed by atoms with Gasteiger partial charge in [0.1, 0.15) is 5.75 Å². The number of thiazole rings is 1. The lowest BCUT2D eigenvalue weighted by Gasteiger charge is -2.18. The van der Waals surface area contributed by atoms with E-state index in [2.05, 4.69) is 10.4 Å². The van der Waals surface area contributed by atoms with Gasteiger partial charge in [0.15, 0.2) is 0 Å². The fraction of sp³-hybridized carbons (Fsp3) is 0.250. The van der Waals surface area contributed by atoms with Crippen molar-refractivity contribution in [3.63, 3.8) is 0 Å². The number of hydrogen-bond acceptors (Lipinski definition) is 5. The van der Waals surface area contributed by atoms with E-state index in [-0.39, 0.29) is 6.04 Å². The minimum absolute atomic E-state index is 0.0339. The molecule has 2 aromatic rings. The van der Waals surface area contributed by atoms with Gasteiger partial charge in [-0.25, -0.2) is 0 Å². The molecule has 0 amide bonds. The molecule has 0 aliphatic heterocycles. The third kappa shape index (κ3) is 2.82. The zero-order valence-electron chi connectivity index (χ0n) is 9.59. The molecular formula is C12H15N3OS. The highest BCUT2D eigenvalue weighted by molar-refractivity contribution is 7.09. The van der Waals surface area contributed by atoms with Gasteiger partial charge >= 0.3 is 0 Å². The summed E-state index contributed by atoms with van der Waals surface area (Å²) >= 11 is 1.63. The molecule has 3 N–H and O–H groups in total. The van der Waals surface area contributed by atoms with Gasteiger partial charge in [0, 0.05) is 23.1 Å². The molecule has 0 aliphatic carbocycles. The molecule has 0 fully saturated rings. The van der Waals surface area contributed by atoms with Crippen LogP contribution in [0.2, 0.25) is 0 Å². The molecule has 0 radical (unpaired) electrons. The number of hydrazine groups is 1. The van der Waals surface area contributed by atoms with Gasteiger partial charge in [0.2, 0.25) is 0 Å². The minimum atomic E-state index is 0.0339. The van der Waals surface area contributed by atoms with Crippen LogP contribution in [0.1, 0.15) is 16.5 Å². The normalized spacial score (nSPS) is 12.4. The summed E-state index contributed by atoms with van der Waals surface area (Å²) in [5.74, 6) is 6.47. The van der Waals surface area contributed by atoms with Crippen LogP contribution < -0.4 is 16.0 Å². The van der Waals surface area contributed by atoms with Crippen LogP contribution in [0.4, 0.5) is 0 Å². The fourth-order valence-electron chi connectivity index (χ4n) is 1.76. The average molecular weight is 249 g/mol. The van der Waals surface area contributed by atoms with E-state index < -0.39 is 0 Å². The van der Waals surface area contributed by atoms with Gasteiger partial charge in [0.25, 0.3) is 0 Å². The number of ether oxygens (including phenoxy) is 1. The maximum absolute atomic E-state index is 5.62. The number of para-hydroxylation sites is 1. The summed E-state index contributed by atoms with van der Waals surface area (Å²) in [4.78, 5) is 5.26. The van der Waals surface area contributed by atoms with Crippen LogP contribution in [0.3, 0.4) is 0 Å². The van der Waals surface area contributed by atoms with Crippen LogP contribution in [0.25, 0.3) is 0 Å². The van der Waals surface area contributed by atoms with E-state index in [0.717, 1.165) is 17.7 Å². The summed E-state index contributed by atoms with van der Waals surface area (Å²) in [6.07, 6.45) is 2.67. The lowest BCUT2D eigenvalue weighted by atomic mass is 10.0. The Hall–Kier alpha value is -1.43. The number of benzene rings is 1. The van der Waals surface area contributed by atoms with Crippen molar-refractivity contribution in [1.29, 1.82) is 0 Å². The number of nitrogens with one attached hydrogen (secondary N) is 1. The van der Waals surface area contributed by atoms with Gasteiger partial charge < -0.3 is 4.74 Å². The molecule has 1 aromatic heterocycles. The van der Waals surface area contributed by atoms with Crippen LogP contribution in [-0.2, 0) is 6.42 Å². The molecule has 0 saturated carbocycles. The minimum Gasteiger partial charge on any atom is -0.496 e. The van der Waals surface area contributed by atoms with Crippen molar-refractivity contribution < 1.29 is 4.74 Å². The summed E-state index contributed by atoms with van der Waals surface area (Å²) in [6, 6.07) is 7.92. The first-order valence-electron chi connectivity index (χ1n) is 5.31. The van der Waals surface area contributed by atoms with Crippen LogP contribution in [0.5, 0.6) is 5.75 Å². The Bertz CT molecular complexity index is 459. The van der Waals surface area contributed by atoms with Gasteiger partial charge in [-0.05, 0) is 6.07 Å². The third-order valence-corrected chi connectivity index (χ3v) is 3.41. The molecule has 1 unspecified atom stereocenters. The Labute approximate surface area is 104 Å². The van der Waals surface area contributed by atoms with Crippen LogP contribution in [0.15, 0.2) is 36.0 Å². The third-order valence-electron chi connectivity index (χ3n) is 2.60. The number of methoxy groups -OCH3 is 1. The zero-order chi connectivity index (χ0) is 12.1. The first-order valence-corrected chi connectivity index (χ1v) is 6.19. The van der Waals surface area contributed by atoms with Crippen LogP contribution in [-0.4, -0.2) is 12.1 Å². The second-order valence-corrected chi connectivity index (χ2v) is 4.60. The predicted molar refractivity (Wildman–Crippen MR) is 68.9 cm³/mol. The number of nitrogens with zero attached hydrogens (tertiary/aromatic N) is 1. The summed E-state index contributed by atoms with van der Waals surface area (Å²) < 4.78 is 5.34. The smallest absolute Gasteiger partial charge is 0.123 e. The van der Waals surface area contributed by atoms with Crippen LogP contribution in [0, 0.1) is 0 Å². The van der Waals surface area contributed by atoms with Crippen molar-refractivity contribution in [3.05, 3.63) is 46.4 Å². The van der Waals surface area contributed by atoms with E-state index in [1.54, 1.807) is 18.4 Å². The number of rotatable bonds is 5. The van der Waals surface area contributed by atoms with E-state index >= 15 is 0 Å². The Kier molecular flexibility index (Phi) is 4.08. The molecule has 1 aromatic carbocycles. The molecule has 0 aliphatic rings. The molecule has 0 spiro atoms. The molecule has 90 valence electrons. The number of nitrogens with two attached hydrogens (primary N) is 1. The topological polar surface area (TPSA) is 60.2 Å². The van der Waals surface area contributed by atoms with Crippen LogP contribution >= 0.6 is 11.3 Å².